The molecule has 0 bridgehead atoms. The Balaban J connectivity index is 1.83. The molecule has 0 radical (unpaired) electrons. The summed E-state index contributed by atoms with van der Waals surface area (Å²) in [6, 6.07) is 13.0. The topological polar surface area (TPSA) is 76.1 Å². The maximum absolute atomic E-state index is 13.1. The predicted molar refractivity (Wildman–Crippen MR) is 132 cm³/mol. The van der Waals surface area contributed by atoms with Crippen molar-refractivity contribution in [2.45, 2.75) is 39.2 Å². The fraction of sp³-hybridized carbons (Fsp3) is 0.292. The van der Waals surface area contributed by atoms with Crippen molar-refractivity contribution in [1.82, 2.24) is 0 Å². The number of thiocarbonyl (C=S) groups is 1. The van der Waals surface area contributed by atoms with Crippen molar-refractivity contribution < 1.29 is 24.2 Å². The molecule has 2 aromatic rings. The molecule has 1 saturated heterocycles. The second-order valence-electron chi connectivity index (χ2n) is 7.43. The number of benzene rings is 2. The Morgan fingerprint density at radius 3 is 2.47 bits per heavy atom. The van der Waals surface area contributed by atoms with Crippen LogP contribution < -0.4 is 14.4 Å². The molecule has 3 rings (SSSR count). The van der Waals surface area contributed by atoms with Crippen molar-refractivity contribution in [3.63, 3.8) is 0 Å². The number of carboxylic acids is 1. The lowest BCUT2D eigenvalue weighted by Crippen LogP contribution is -2.27. The summed E-state index contributed by atoms with van der Waals surface area (Å²) in [5.41, 5.74) is 2.68. The van der Waals surface area contributed by atoms with Crippen LogP contribution in [0.2, 0.25) is 0 Å². The van der Waals surface area contributed by atoms with Gasteiger partial charge < -0.3 is 14.6 Å². The van der Waals surface area contributed by atoms with Gasteiger partial charge in [-0.2, -0.15) is 0 Å². The summed E-state index contributed by atoms with van der Waals surface area (Å²) < 4.78 is 11.2. The van der Waals surface area contributed by atoms with E-state index in [-0.39, 0.29) is 5.91 Å². The van der Waals surface area contributed by atoms with Crippen LogP contribution in [0.15, 0.2) is 47.4 Å². The molecule has 2 aromatic carbocycles. The van der Waals surface area contributed by atoms with Gasteiger partial charge in [-0.1, -0.05) is 56.0 Å². The van der Waals surface area contributed by atoms with Crippen molar-refractivity contribution in [2.75, 3.05) is 12.0 Å². The normalized spacial score (nSPS) is 16.9. The van der Waals surface area contributed by atoms with Gasteiger partial charge in [0.2, 0.25) is 0 Å². The lowest BCUT2D eigenvalue weighted by Gasteiger charge is -2.16. The van der Waals surface area contributed by atoms with Gasteiger partial charge >= 0.3 is 5.97 Å². The van der Waals surface area contributed by atoms with Crippen LogP contribution in [0.5, 0.6) is 11.5 Å². The van der Waals surface area contributed by atoms with Gasteiger partial charge in [0.25, 0.3) is 5.91 Å². The Morgan fingerprint density at radius 2 is 1.88 bits per heavy atom. The van der Waals surface area contributed by atoms with E-state index in [1.807, 2.05) is 24.3 Å². The zero-order chi connectivity index (χ0) is 23.4. The minimum absolute atomic E-state index is 0.185. The van der Waals surface area contributed by atoms with E-state index in [1.165, 1.54) is 36.3 Å². The number of hydrogen-bond acceptors (Lipinski definition) is 6. The zero-order valence-electron chi connectivity index (χ0n) is 18.3. The van der Waals surface area contributed by atoms with E-state index in [4.69, 9.17) is 26.8 Å². The average Bonchev–Trinajstić information content (AvgIpc) is 3.06. The number of anilines is 1. The van der Waals surface area contributed by atoms with E-state index in [0.717, 1.165) is 12.1 Å². The number of nitrogens with zero attached hydrogens (tertiary/aromatic N) is 1. The highest BCUT2D eigenvalue weighted by Crippen LogP contribution is 2.37. The smallest absolute Gasteiger partial charge is 0.344 e. The first-order valence-electron chi connectivity index (χ1n) is 10.2. The Kier molecular flexibility index (Phi) is 7.58. The number of carboxylic acid groups (broad SMARTS) is 1. The highest BCUT2D eigenvalue weighted by molar-refractivity contribution is 8.27. The Morgan fingerprint density at radius 1 is 1.19 bits per heavy atom. The predicted octanol–water partition coefficient (Wildman–Crippen LogP) is 5.47. The van der Waals surface area contributed by atoms with Gasteiger partial charge in [0.1, 0.15) is 0 Å². The zero-order valence-corrected chi connectivity index (χ0v) is 20.0. The van der Waals surface area contributed by atoms with Crippen LogP contribution in [0.25, 0.3) is 6.08 Å². The van der Waals surface area contributed by atoms with Crippen LogP contribution in [0.3, 0.4) is 0 Å². The third-order valence-corrected chi connectivity index (χ3v) is 6.57. The Bertz CT molecular complexity index is 1060. The van der Waals surface area contributed by atoms with Crippen LogP contribution >= 0.6 is 24.0 Å². The van der Waals surface area contributed by atoms with Crippen molar-refractivity contribution in [1.29, 1.82) is 0 Å². The third kappa shape index (κ3) is 5.14. The van der Waals surface area contributed by atoms with Gasteiger partial charge in [-0.05, 0) is 60.7 Å². The minimum Gasteiger partial charge on any atom is -0.493 e. The molecule has 0 aromatic heterocycles. The molecule has 6 nitrogen and oxygen atoms in total. The molecule has 1 amide bonds. The summed E-state index contributed by atoms with van der Waals surface area (Å²) in [6.07, 6.45) is 1.77. The van der Waals surface area contributed by atoms with Crippen LogP contribution in [-0.2, 0) is 9.59 Å². The highest BCUT2D eigenvalue weighted by Gasteiger charge is 2.33. The number of aliphatic carboxylic acids is 1. The molecule has 1 aliphatic rings. The van der Waals surface area contributed by atoms with Gasteiger partial charge in [-0.15, -0.1) is 0 Å². The first-order valence-corrected chi connectivity index (χ1v) is 11.4. The summed E-state index contributed by atoms with van der Waals surface area (Å²) in [7, 11) is 1.47. The number of rotatable bonds is 8. The van der Waals surface area contributed by atoms with Gasteiger partial charge in [-0.3, -0.25) is 9.69 Å². The molecule has 0 spiro atoms. The van der Waals surface area contributed by atoms with Gasteiger partial charge in [0.05, 0.1) is 17.7 Å². The average molecular weight is 472 g/mol. The van der Waals surface area contributed by atoms with Crippen LogP contribution in [0.4, 0.5) is 5.69 Å². The number of hydrogen-bond donors (Lipinski definition) is 1. The lowest BCUT2D eigenvalue weighted by atomic mass is 9.98. The maximum Gasteiger partial charge on any atom is 0.344 e. The molecule has 2 atom stereocenters. The quantitative estimate of drug-likeness (QED) is 0.404. The number of ether oxygens (including phenoxy) is 2. The molecule has 2 unspecified atom stereocenters. The van der Waals surface area contributed by atoms with Crippen molar-refractivity contribution in [2.24, 2.45) is 0 Å². The second-order valence-corrected chi connectivity index (χ2v) is 9.10. The van der Waals surface area contributed by atoms with E-state index >= 15 is 0 Å². The first kappa shape index (κ1) is 23.8. The SMILES string of the molecule is CCC(C)c1ccc(N2C(=O)/C(=C\c3ccc(OC(C)C(=O)O)c(OC)c3)SC2=S)cc1. The standard InChI is InChI=1S/C24H25NO5S2/c1-5-14(2)17-7-9-18(10-8-17)25-22(26)21(32-24(25)31)13-16-6-11-19(20(12-16)29-4)30-15(3)23(27)28/h6-15H,5H2,1-4H3,(H,27,28)/b21-13+. The number of amides is 1. The van der Waals surface area contributed by atoms with E-state index in [1.54, 1.807) is 24.3 Å². The number of carbonyl (C=O) groups excluding carboxylic acids is 1. The first-order chi connectivity index (χ1) is 15.2. The van der Waals surface area contributed by atoms with Gasteiger partial charge in [0, 0.05) is 0 Å². The van der Waals surface area contributed by atoms with E-state index in [9.17, 15) is 9.59 Å². The summed E-state index contributed by atoms with van der Waals surface area (Å²) in [4.78, 5) is 26.1. The van der Waals surface area contributed by atoms with Crippen LogP contribution in [-0.4, -0.2) is 34.5 Å². The monoisotopic (exact) mass is 471 g/mol. The van der Waals surface area contributed by atoms with Crippen LogP contribution in [0.1, 0.15) is 44.2 Å². The fourth-order valence-electron chi connectivity index (χ4n) is 3.14. The Hall–Kier alpha value is -2.84. The molecule has 1 heterocycles. The highest BCUT2D eigenvalue weighted by atomic mass is 32.2. The van der Waals surface area contributed by atoms with Crippen molar-refractivity contribution in [3.8, 4) is 11.5 Å². The minimum atomic E-state index is -1.07. The lowest BCUT2D eigenvalue weighted by molar-refractivity contribution is -0.144. The molecular weight excluding hydrogens is 446 g/mol. The van der Waals surface area contributed by atoms with Crippen molar-refractivity contribution in [3.05, 3.63) is 58.5 Å². The number of thioether (sulfide) groups is 1. The molecule has 0 aliphatic carbocycles. The summed E-state index contributed by atoms with van der Waals surface area (Å²) in [5.74, 6) is -0.112. The Labute approximate surface area is 197 Å². The maximum atomic E-state index is 13.1. The second kappa shape index (κ2) is 10.2. The number of methoxy groups -OCH3 is 1. The molecule has 168 valence electrons. The van der Waals surface area contributed by atoms with E-state index < -0.39 is 12.1 Å². The van der Waals surface area contributed by atoms with Gasteiger partial charge in [0.15, 0.2) is 21.9 Å². The molecule has 1 aliphatic heterocycles. The fourth-order valence-corrected chi connectivity index (χ4v) is 4.44. The molecule has 0 saturated carbocycles. The van der Waals surface area contributed by atoms with Gasteiger partial charge in [-0.25, -0.2) is 4.79 Å². The van der Waals surface area contributed by atoms with E-state index in [2.05, 4.69) is 13.8 Å². The van der Waals surface area contributed by atoms with E-state index in [0.29, 0.717) is 32.2 Å². The van der Waals surface area contributed by atoms with Crippen molar-refractivity contribution >= 4 is 51.9 Å². The number of carbonyl (C=O) groups is 2. The molecule has 1 N–H and O–H groups in total. The van der Waals surface area contributed by atoms with Crippen LogP contribution in [0, 0.1) is 0 Å². The summed E-state index contributed by atoms with van der Waals surface area (Å²) >= 11 is 6.71. The largest absolute Gasteiger partial charge is 0.493 e. The molecular formula is C24H25NO5S2. The molecule has 1 fully saturated rings. The third-order valence-electron chi connectivity index (χ3n) is 5.26. The summed E-state index contributed by atoms with van der Waals surface area (Å²) in [5, 5.41) is 9.05. The molecule has 8 heteroatoms. The molecule has 32 heavy (non-hydrogen) atoms. The summed E-state index contributed by atoms with van der Waals surface area (Å²) in [6.45, 7) is 5.76.